The van der Waals surface area contributed by atoms with E-state index < -0.39 is 0 Å². The number of carbonyl (C=O) groups is 1. The number of thiol groups is 1. The van der Waals surface area contributed by atoms with Gasteiger partial charge in [-0.3, -0.25) is 4.79 Å². The van der Waals surface area contributed by atoms with Crippen molar-refractivity contribution < 1.29 is 4.79 Å². The van der Waals surface area contributed by atoms with Crippen molar-refractivity contribution in [2.75, 3.05) is 5.75 Å². The third kappa shape index (κ3) is 4.43. The molecule has 0 radical (unpaired) electrons. The molecule has 0 saturated heterocycles. The average Bonchev–Trinajstić information content (AvgIpc) is 1.65. The third-order valence-electron chi connectivity index (χ3n) is 0.719. The lowest BCUT2D eigenvalue weighted by atomic mass is 10.3. The molecule has 0 aromatic heterocycles. The van der Waals surface area contributed by atoms with Crippen LogP contribution in [0.5, 0.6) is 0 Å². The molecule has 0 amide bonds. The summed E-state index contributed by atoms with van der Waals surface area (Å²) in [7, 11) is 0. The molecule has 50 valence electrons. The van der Waals surface area contributed by atoms with Gasteiger partial charge < -0.3 is 5.73 Å². The van der Waals surface area contributed by atoms with E-state index in [-0.39, 0.29) is 24.2 Å². The molecule has 0 aliphatic heterocycles. The van der Waals surface area contributed by atoms with Gasteiger partial charge in [0.1, 0.15) is 5.78 Å². The molecule has 0 rings (SSSR count). The van der Waals surface area contributed by atoms with Crippen LogP contribution in [-0.2, 0) is 4.79 Å². The van der Waals surface area contributed by atoms with Crippen LogP contribution in [0, 0.1) is 0 Å². The van der Waals surface area contributed by atoms with Gasteiger partial charge in [-0.25, -0.2) is 0 Å². The second kappa shape index (κ2) is 5.41. The summed E-state index contributed by atoms with van der Waals surface area (Å²) in [5.74, 6) is 0.435. The molecule has 2 N–H and O–H groups in total. The Hall–Kier alpha value is 0.270. The van der Waals surface area contributed by atoms with Gasteiger partial charge in [-0.05, 0) is 6.92 Å². The van der Waals surface area contributed by atoms with Crippen molar-refractivity contribution in [3.05, 3.63) is 0 Å². The fraction of sp³-hybridized carbons (Fsp3) is 0.750. The molecule has 4 heteroatoms. The van der Waals surface area contributed by atoms with Gasteiger partial charge in [0.25, 0.3) is 0 Å². The lowest BCUT2D eigenvalue weighted by Crippen LogP contribution is -2.29. The highest BCUT2D eigenvalue weighted by atomic mass is 35.5. The van der Waals surface area contributed by atoms with Gasteiger partial charge in [0.15, 0.2) is 0 Å². The number of halogens is 1. The minimum atomic E-state index is -0.372. The highest BCUT2D eigenvalue weighted by Crippen LogP contribution is 1.82. The number of rotatable bonds is 2. The first-order valence-corrected chi connectivity index (χ1v) is 2.68. The van der Waals surface area contributed by atoms with Crippen molar-refractivity contribution in [1.82, 2.24) is 0 Å². The molecule has 0 aromatic rings. The quantitative estimate of drug-likeness (QED) is 0.562. The number of nitrogens with two attached hydrogens (primary N) is 1. The van der Waals surface area contributed by atoms with Crippen molar-refractivity contribution in [3.8, 4) is 0 Å². The molecule has 2 nitrogen and oxygen atoms in total. The predicted molar refractivity (Wildman–Crippen MR) is 39.8 cm³/mol. The molecule has 1 unspecified atom stereocenters. The van der Waals surface area contributed by atoms with E-state index in [1.54, 1.807) is 0 Å². The van der Waals surface area contributed by atoms with Gasteiger partial charge >= 0.3 is 0 Å². The van der Waals surface area contributed by atoms with Crippen molar-refractivity contribution >= 4 is 30.8 Å². The molecule has 0 heterocycles. The first-order valence-electron chi connectivity index (χ1n) is 2.05. The number of hydrogen-bond acceptors (Lipinski definition) is 3. The second-order valence-corrected chi connectivity index (χ2v) is 1.76. The molecule has 1 atom stereocenters. The number of carbonyl (C=O) groups excluding carboxylic acids is 1. The minimum Gasteiger partial charge on any atom is -0.321 e. The molecular formula is C4H10ClNOS. The van der Waals surface area contributed by atoms with Crippen LogP contribution in [-0.4, -0.2) is 17.6 Å². The fourth-order valence-corrected chi connectivity index (χ4v) is 0.386. The van der Waals surface area contributed by atoms with Crippen LogP contribution in [0.3, 0.4) is 0 Å². The summed E-state index contributed by atoms with van der Waals surface area (Å²) >= 11 is 3.81. The van der Waals surface area contributed by atoms with Crippen molar-refractivity contribution in [3.63, 3.8) is 0 Å². The lowest BCUT2D eigenvalue weighted by molar-refractivity contribution is -0.117. The molecule has 0 bridgehead atoms. The second-order valence-electron chi connectivity index (χ2n) is 1.40. The van der Waals surface area contributed by atoms with E-state index >= 15 is 0 Å². The van der Waals surface area contributed by atoms with Crippen LogP contribution >= 0.6 is 25.0 Å². The van der Waals surface area contributed by atoms with E-state index in [0.717, 1.165) is 0 Å². The zero-order valence-corrected chi connectivity index (χ0v) is 6.34. The summed E-state index contributed by atoms with van der Waals surface area (Å²) in [6.07, 6.45) is 0. The lowest BCUT2D eigenvalue weighted by Gasteiger charge is -1.98. The van der Waals surface area contributed by atoms with E-state index in [9.17, 15) is 4.79 Å². The smallest absolute Gasteiger partial charge is 0.147 e. The van der Waals surface area contributed by atoms with Crippen LogP contribution in [0.4, 0.5) is 0 Å². The summed E-state index contributed by atoms with van der Waals surface area (Å²) in [5, 5.41) is 0. The van der Waals surface area contributed by atoms with Gasteiger partial charge in [0.05, 0.1) is 6.04 Å². The van der Waals surface area contributed by atoms with Gasteiger partial charge in [0, 0.05) is 5.75 Å². The molecule has 0 aromatic carbocycles. The number of ketones is 1. The van der Waals surface area contributed by atoms with E-state index in [1.165, 1.54) is 6.92 Å². The van der Waals surface area contributed by atoms with Crippen molar-refractivity contribution in [1.29, 1.82) is 0 Å². The van der Waals surface area contributed by atoms with Crippen LogP contribution < -0.4 is 5.73 Å². The SMILES string of the molecule is CC(=O)C(N)CS.Cl. The molecule has 0 aliphatic carbocycles. The van der Waals surface area contributed by atoms with Gasteiger partial charge in [0.2, 0.25) is 0 Å². The zero-order valence-electron chi connectivity index (χ0n) is 4.63. The normalized spacial score (nSPS) is 11.9. The van der Waals surface area contributed by atoms with E-state index in [0.29, 0.717) is 5.75 Å². The minimum absolute atomic E-state index is 0. The standard InChI is InChI=1S/C4H9NOS.ClH/c1-3(6)4(5)2-7;/h4,7H,2,5H2,1H3;1H. The zero-order chi connectivity index (χ0) is 5.86. The van der Waals surface area contributed by atoms with Crippen molar-refractivity contribution in [2.24, 2.45) is 5.73 Å². The number of hydrogen-bond donors (Lipinski definition) is 2. The van der Waals surface area contributed by atoms with Gasteiger partial charge in [-0.2, -0.15) is 12.6 Å². The average molecular weight is 156 g/mol. The molecular weight excluding hydrogens is 146 g/mol. The van der Waals surface area contributed by atoms with Crippen LogP contribution in [0.25, 0.3) is 0 Å². The Morgan fingerprint density at radius 3 is 2.25 bits per heavy atom. The summed E-state index contributed by atoms with van der Waals surface area (Å²) in [6, 6.07) is -0.372. The summed E-state index contributed by atoms with van der Waals surface area (Å²) in [4.78, 5) is 10.2. The molecule has 8 heavy (non-hydrogen) atoms. The summed E-state index contributed by atoms with van der Waals surface area (Å²) in [5.41, 5.74) is 5.19. The van der Waals surface area contributed by atoms with E-state index in [2.05, 4.69) is 12.6 Å². The Bertz CT molecular complexity index is 78.4. The maximum Gasteiger partial charge on any atom is 0.147 e. The molecule has 0 spiro atoms. The highest BCUT2D eigenvalue weighted by Gasteiger charge is 2.02. The maximum atomic E-state index is 10.2. The van der Waals surface area contributed by atoms with Gasteiger partial charge in [-0.15, -0.1) is 12.4 Å². The van der Waals surface area contributed by atoms with Gasteiger partial charge in [-0.1, -0.05) is 0 Å². The Kier molecular flexibility index (Phi) is 7.52. The van der Waals surface area contributed by atoms with E-state index in [1.807, 2.05) is 0 Å². The fourth-order valence-electron chi connectivity index (χ4n) is 0.129. The first-order chi connectivity index (χ1) is 3.18. The third-order valence-corrected chi connectivity index (χ3v) is 1.11. The molecule has 0 aliphatic rings. The van der Waals surface area contributed by atoms with Crippen LogP contribution in [0.1, 0.15) is 6.92 Å². The topological polar surface area (TPSA) is 43.1 Å². The van der Waals surface area contributed by atoms with Crippen LogP contribution in [0.2, 0.25) is 0 Å². The summed E-state index contributed by atoms with van der Waals surface area (Å²) in [6.45, 7) is 1.46. The Morgan fingerprint density at radius 1 is 1.88 bits per heavy atom. The van der Waals surface area contributed by atoms with Crippen molar-refractivity contribution in [2.45, 2.75) is 13.0 Å². The Labute approximate surface area is 60.6 Å². The summed E-state index contributed by atoms with van der Waals surface area (Å²) < 4.78 is 0. The Morgan fingerprint density at radius 2 is 2.25 bits per heavy atom. The predicted octanol–water partition coefficient (Wildman–Crippen LogP) is 0.254. The number of Topliss-reactive ketones (excluding diaryl/α,β-unsaturated/α-hetero) is 1. The Balaban J connectivity index is 0. The van der Waals surface area contributed by atoms with Crippen LogP contribution in [0.15, 0.2) is 0 Å². The molecule has 0 fully saturated rings. The molecule has 0 saturated carbocycles. The largest absolute Gasteiger partial charge is 0.321 e. The highest BCUT2D eigenvalue weighted by molar-refractivity contribution is 7.80. The maximum absolute atomic E-state index is 10.2. The van der Waals surface area contributed by atoms with E-state index in [4.69, 9.17) is 5.73 Å². The monoisotopic (exact) mass is 155 g/mol. The first kappa shape index (κ1) is 11.1.